The topological polar surface area (TPSA) is 84.0 Å². The number of nitrogens with zero attached hydrogens (tertiary/aromatic N) is 1. The monoisotopic (exact) mass is 301 g/mol. The minimum Gasteiger partial charge on any atom is -0.325 e. The van der Waals surface area contributed by atoms with E-state index in [1.165, 1.54) is 17.8 Å². The van der Waals surface area contributed by atoms with Gasteiger partial charge in [-0.15, -0.1) is 0 Å². The first kappa shape index (κ1) is 15.8. The molecule has 0 spiro atoms. The molecule has 1 aromatic heterocycles. The van der Waals surface area contributed by atoms with Crippen LogP contribution < -0.4 is 16.6 Å². The summed E-state index contributed by atoms with van der Waals surface area (Å²) in [4.78, 5) is 36.5. The molecule has 0 aliphatic heterocycles. The van der Waals surface area contributed by atoms with E-state index in [-0.39, 0.29) is 12.5 Å². The van der Waals surface area contributed by atoms with E-state index in [1.807, 2.05) is 24.3 Å². The summed E-state index contributed by atoms with van der Waals surface area (Å²) < 4.78 is 1.14. The Morgan fingerprint density at radius 1 is 1.23 bits per heavy atom. The van der Waals surface area contributed by atoms with E-state index in [2.05, 4.69) is 24.1 Å². The molecule has 2 N–H and O–H groups in total. The number of carbonyl (C=O) groups excluding carboxylic acids is 1. The quantitative estimate of drug-likeness (QED) is 0.881. The molecule has 0 bridgehead atoms. The van der Waals surface area contributed by atoms with Crippen LogP contribution in [0, 0.1) is 0 Å². The fraction of sp³-hybridized carbons (Fsp3) is 0.312. The molecule has 2 aromatic rings. The number of hydrogen-bond donors (Lipinski definition) is 2. The summed E-state index contributed by atoms with van der Waals surface area (Å²) in [6.45, 7) is 4.13. The van der Waals surface area contributed by atoms with Gasteiger partial charge in [0, 0.05) is 18.0 Å². The van der Waals surface area contributed by atoms with E-state index in [4.69, 9.17) is 0 Å². The molecule has 0 saturated carbocycles. The zero-order chi connectivity index (χ0) is 16.1. The Balaban J connectivity index is 2.03. The second-order valence-electron chi connectivity index (χ2n) is 5.22. The van der Waals surface area contributed by atoms with Crippen molar-refractivity contribution in [3.05, 3.63) is 62.9 Å². The SMILES string of the molecule is CC[C@@H](C)c1ccc(NC(=O)Cn2ccc(=O)[nH]c2=O)cc1. The normalized spacial score (nSPS) is 11.9. The van der Waals surface area contributed by atoms with E-state index >= 15 is 0 Å². The lowest BCUT2D eigenvalue weighted by molar-refractivity contribution is -0.116. The van der Waals surface area contributed by atoms with E-state index in [9.17, 15) is 14.4 Å². The Morgan fingerprint density at radius 2 is 1.91 bits per heavy atom. The predicted molar refractivity (Wildman–Crippen MR) is 85.1 cm³/mol. The van der Waals surface area contributed by atoms with Crippen LogP contribution in [0.3, 0.4) is 0 Å². The Bertz CT molecular complexity index is 759. The number of aromatic amines is 1. The van der Waals surface area contributed by atoms with Gasteiger partial charge in [-0.25, -0.2) is 4.79 Å². The van der Waals surface area contributed by atoms with Gasteiger partial charge in [0.05, 0.1) is 0 Å². The van der Waals surface area contributed by atoms with Crippen LogP contribution in [0.4, 0.5) is 5.69 Å². The summed E-state index contributed by atoms with van der Waals surface area (Å²) in [7, 11) is 0. The molecule has 1 aromatic carbocycles. The predicted octanol–water partition coefficient (Wildman–Crippen LogP) is 1.69. The molecule has 0 aliphatic carbocycles. The first-order valence-electron chi connectivity index (χ1n) is 7.19. The van der Waals surface area contributed by atoms with Gasteiger partial charge in [-0.2, -0.15) is 0 Å². The maximum atomic E-state index is 11.9. The van der Waals surface area contributed by atoms with Crippen LogP contribution in [0.5, 0.6) is 0 Å². The summed E-state index contributed by atoms with van der Waals surface area (Å²) in [6, 6.07) is 8.85. The van der Waals surface area contributed by atoms with E-state index in [0.29, 0.717) is 11.6 Å². The molecule has 6 heteroatoms. The number of hydrogen-bond acceptors (Lipinski definition) is 3. The fourth-order valence-electron chi connectivity index (χ4n) is 2.05. The van der Waals surface area contributed by atoms with Gasteiger partial charge >= 0.3 is 5.69 Å². The van der Waals surface area contributed by atoms with E-state index in [0.717, 1.165) is 11.0 Å². The molecule has 0 unspecified atom stereocenters. The lowest BCUT2D eigenvalue weighted by Crippen LogP contribution is -2.32. The highest BCUT2D eigenvalue weighted by atomic mass is 16.2. The van der Waals surface area contributed by atoms with Crippen molar-refractivity contribution in [1.82, 2.24) is 9.55 Å². The Labute approximate surface area is 127 Å². The molecule has 0 fully saturated rings. The van der Waals surface area contributed by atoms with Gasteiger partial charge in [0.15, 0.2) is 0 Å². The van der Waals surface area contributed by atoms with E-state index in [1.54, 1.807) is 0 Å². The third-order valence-electron chi connectivity index (χ3n) is 3.59. The molecule has 0 radical (unpaired) electrons. The molecule has 1 amide bonds. The zero-order valence-corrected chi connectivity index (χ0v) is 12.6. The molecule has 2 rings (SSSR count). The molecule has 0 saturated heterocycles. The smallest absolute Gasteiger partial charge is 0.325 e. The molecule has 6 nitrogen and oxygen atoms in total. The first-order chi connectivity index (χ1) is 10.5. The van der Waals surface area contributed by atoms with Crippen LogP contribution in [-0.2, 0) is 11.3 Å². The first-order valence-corrected chi connectivity index (χ1v) is 7.19. The van der Waals surface area contributed by atoms with Crippen molar-refractivity contribution >= 4 is 11.6 Å². The van der Waals surface area contributed by atoms with Crippen LogP contribution in [0.2, 0.25) is 0 Å². The molecule has 116 valence electrons. The number of H-pyrrole nitrogens is 1. The molecular weight excluding hydrogens is 282 g/mol. The number of amides is 1. The van der Waals surface area contributed by atoms with Crippen LogP contribution in [0.25, 0.3) is 0 Å². The van der Waals surface area contributed by atoms with Crippen molar-refractivity contribution in [3.63, 3.8) is 0 Å². The van der Waals surface area contributed by atoms with Crippen LogP contribution in [0.15, 0.2) is 46.1 Å². The van der Waals surface area contributed by atoms with Gasteiger partial charge in [0.25, 0.3) is 5.56 Å². The minimum atomic E-state index is -0.602. The highest BCUT2D eigenvalue weighted by Crippen LogP contribution is 2.20. The average molecular weight is 301 g/mol. The van der Waals surface area contributed by atoms with Gasteiger partial charge < -0.3 is 5.32 Å². The maximum absolute atomic E-state index is 11.9. The highest BCUT2D eigenvalue weighted by molar-refractivity contribution is 5.90. The fourth-order valence-corrected chi connectivity index (χ4v) is 2.05. The number of anilines is 1. The zero-order valence-electron chi connectivity index (χ0n) is 12.6. The van der Waals surface area contributed by atoms with E-state index < -0.39 is 11.2 Å². The number of nitrogens with one attached hydrogen (secondary N) is 2. The van der Waals surface area contributed by atoms with Gasteiger partial charge in [-0.3, -0.25) is 19.1 Å². The van der Waals surface area contributed by atoms with Gasteiger partial charge in [0.1, 0.15) is 6.54 Å². The summed E-state index contributed by atoms with van der Waals surface area (Å²) in [6.07, 6.45) is 2.35. The van der Waals surface area contributed by atoms with Crippen molar-refractivity contribution in [1.29, 1.82) is 0 Å². The Morgan fingerprint density at radius 3 is 2.50 bits per heavy atom. The van der Waals surface area contributed by atoms with Crippen molar-refractivity contribution in [2.45, 2.75) is 32.7 Å². The lowest BCUT2D eigenvalue weighted by Gasteiger charge is -2.11. The van der Waals surface area contributed by atoms with Gasteiger partial charge in [0.2, 0.25) is 5.91 Å². The molecule has 0 aliphatic rings. The molecule has 22 heavy (non-hydrogen) atoms. The average Bonchev–Trinajstić information content (AvgIpc) is 2.50. The summed E-state index contributed by atoms with van der Waals surface area (Å²) in [5.41, 5.74) is 0.809. The van der Waals surface area contributed by atoms with Crippen molar-refractivity contribution < 1.29 is 4.79 Å². The summed E-state index contributed by atoms with van der Waals surface area (Å²) in [5.74, 6) is 0.148. The lowest BCUT2D eigenvalue weighted by atomic mass is 9.99. The standard InChI is InChI=1S/C16H19N3O3/c1-3-11(2)12-4-6-13(7-5-12)17-15(21)10-19-9-8-14(20)18-16(19)22/h4-9,11H,3,10H2,1-2H3,(H,17,21)(H,18,20,22)/t11-/m1/s1. The third kappa shape index (κ3) is 3.94. The molecule has 1 atom stereocenters. The summed E-state index contributed by atoms with van der Waals surface area (Å²) >= 11 is 0. The van der Waals surface area contributed by atoms with Crippen LogP contribution >= 0.6 is 0 Å². The molecule has 1 heterocycles. The van der Waals surface area contributed by atoms with Gasteiger partial charge in [-0.1, -0.05) is 26.0 Å². The second kappa shape index (κ2) is 6.89. The highest BCUT2D eigenvalue weighted by Gasteiger charge is 2.07. The third-order valence-corrected chi connectivity index (χ3v) is 3.59. The van der Waals surface area contributed by atoms with Crippen molar-refractivity contribution in [3.8, 4) is 0 Å². The number of carbonyl (C=O) groups is 1. The minimum absolute atomic E-state index is 0.150. The van der Waals surface area contributed by atoms with Crippen LogP contribution in [-0.4, -0.2) is 15.5 Å². The number of aromatic nitrogens is 2. The van der Waals surface area contributed by atoms with Crippen molar-refractivity contribution in [2.24, 2.45) is 0 Å². The second-order valence-corrected chi connectivity index (χ2v) is 5.22. The van der Waals surface area contributed by atoms with Crippen molar-refractivity contribution in [2.75, 3.05) is 5.32 Å². The Hall–Kier alpha value is -2.63. The molecular formula is C16H19N3O3. The Kier molecular flexibility index (Phi) is 4.93. The number of benzene rings is 1. The maximum Gasteiger partial charge on any atom is 0.328 e. The number of rotatable bonds is 5. The largest absolute Gasteiger partial charge is 0.328 e. The van der Waals surface area contributed by atoms with Crippen LogP contribution in [0.1, 0.15) is 31.7 Å². The van der Waals surface area contributed by atoms with Gasteiger partial charge in [-0.05, 0) is 30.0 Å². The summed E-state index contributed by atoms with van der Waals surface area (Å²) in [5, 5.41) is 2.73.